The van der Waals surface area contributed by atoms with E-state index in [1.807, 2.05) is 36.1 Å². The Balaban J connectivity index is 1.33. The van der Waals surface area contributed by atoms with Crippen LogP contribution >= 0.6 is 11.6 Å². The summed E-state index contributed by atoms with van der Waals surface area (Å²) in [4.78, 5) is 17.0. The van der Waals surface area contributed by atoms with Crippen LogP contribution in [0.2, 0.25) is 5.02 Å². The molecule has 0 saturated carbocycles. The molecule has 1 aliphatic heterocycles. The van der Waals surface area contributed by atoms with Crippen LogP contribution in [0.15, 0.2) is 42.5 Å². The van der Waals surface area contributed by atoms with Gasteiger partial charge in [-0.1, -0.05) is 23.7 Å². The molecule has 0 bridgehead atoms. The molecule has 2 aliphatic rings. The fraction of sp³-hybridized carbons (Fsp3) is 0.435. The molecule has 1 fully saturated rings. The summed E-state index contributed by atoms with van der Waals surface area (Å²) >= 11 is 6.10. The summed E-state index contributed by atoms with van der Waals surface area (Å²) in [5, 5.41) is 0.739. The van der Waals surface area contributed by atoms with E-state index in [4.69, 9.17) is 16.3 Å². The van der Waals surface area contributed by atoms with Crippen molar-refractivity contribution in [2.24, 2.45) is 0 Å². The lowest BCUT2D eigenvalue weighted by molar-refractivity contribution is -0.138. The van der Waals surface area contributed by atoms with Gasteiger partial charge >= 0.3 is 0 Å². The van der Waals surface area contributed by atoms with Crippen molar-refractivity contribution in [3.63, 3.8) is 0 Å². The van der Waals surface area contributed by atoms with Crippen LogP contribution in [0.5, 0.6) is 5.75 Å². The van der Waals surface area contributed by atoms with Crippen LogP contribution in [0, 0.1) is 0 Å². The van der Waals surface area contributed by atoms with E-state index in [0.29, 0.717) is 13.1 Å². The number of aryl methyl sites for hydroxylation is 2. The predicted octanol–water partition coefficient (Wildman–Crippen LogP) is 4.33. The average molecular weight is 399 g/mol. The van der Waals surface area contributed by atoms with Crippen molar-refractivity contribution in [3.8, 4) is 5.75 Å². The van der Waals surface area contributed by atoms with Crippen molar-refractivity contribution in [1.82, 2.24) is 4.90 Å². The van der Waals surface area contributed by atoms with Gasteiger partial charge in [-0.15, -0.1) is 0 Å². The Bertz CT molecular complexity index is 846. The molecule has 1 amide bonds. The van der Waals surface area contributed by atoms with E-state index < -0.39 is 6.10 Å². The highest BCUT2D eigenvalue weighted by Crippen LogP contribution is 2.26. The first-order valence-corrected chi connectivity index (χ1v) is 10.6. The molecule has 0 aromatic heterocycles. The Labute approximate surface area is 172 Å². The smallest absolute Gasteiger partial charge is 0.263 e. The van der Waals surface area contributed by atoms with Gasteiger partial charge in [-0.25, -0.2) is 0 Å². The maximum Gasteiger partial charge on any atom is 0.263 e. The molecule has 1 aliphatic carbocycles. The van der Waals surface area contributed by atoms with Crippen LogP contribution in [0.25, 0.3) is 0 Å². The second-order valence-electron chi connectivity index (χ2n) is 7.69. The van der Waals surface area contributed by atoms with Gasteiger partial charge in [0.05, 0.1) is 0 Å². The quantitative estimate of drug-likeness (QED) is 0.768. The molecular formula is C23H27ClN2O2. The zero-order valence-corrected chi connectivity index (χ0v) is 17.1. The third kappa shape index (κ3) is 4.27. The summed E-state index contributed by atoms with van der Waals surface area (Å²) in [7, 11) is 0. The van der Waals surface area contributed by atoms with Crippen LogP contribution in [0.3, 0.4) is 0 Å². The van der Waals surface area contributed by atoms with Crippen LogP contribution in [-0.4, -0.2) is 43.1 Å². The standard InChI is InChI=1S/C23H27ClN2O2/c1-17(28-22-10-9-18-5-2-3-6-19(18)15-22)23(27)26-13-11-25(12-14-26)21-8-4-7-20(24)16-21/h4,7-10,15-17H,2-3,5-6,11-14H2,1H3. The number of hydrogen-bond acceptors (Lipinski definition) is 3. The summed E-state index contributed by atoms with van der Waals surface area (Å²) in [6.45, 7) is 4.85. The maximum absolute atomic E-state index is 12.8. The molecule has 1 atom stereocenters. The van der Waals surface area contributed by atoms with Gasteiger partial charge in [0.1, 0.15) is 5.75 Å². The number of nitrogens with zero attached hydrogens (tertiary/aromatic N) is 2. The molecule has 4 rings (SSSR count). The molecule has 2 aromatic rings. The largest absolute Gasteiger partial charge is 0.481 e. The third-order valence-corrected chi connectivity index (χ3v) is 5.98. The van der Waals surface area contributed by atoms with Crippen molar-refractivity contribution in [2.75, 3.05) is 31.1 Å². The molecule has 0 radical (unpaired) electrons. The predicted molar refractivity (Wildman–Crippen MR) is 113 cm³/mol. The van der Waals surface area contributed by atoms with E-state index in [1.54, 1.807) is 0 Å². The van der Waals surface area contributed by atoms with Crippen molar-refractivity contribution in [3.05, 3.63) is 58.6 Å². The summed E-state index contributed by atoms with van der Waals surface area (Å²) in [5.74, 6) is 0.863. The molecule has 148 valence electrons. The molecule has 2 aromatic carbocycles. The van der Waals surface area contributed by atoms with Gasteiger partial charge in [0, 0.05) is 36.9 Å². The fourth-order valence-corrected chi connectivity index (χ4v) is 4.34. The first kappa shape index (κ1) is 19.1. The second-order valence-corrected chi connectivity index (χ2v) is 8.13. The normalized spacial score (nSPS) is 17.8. The van der Waals surface area contributed by atoms with Gasteiger partial charge in [-0.2, -0.15) is 0 Å². The minimum atomic E-state index is -0.473. The van der Waals surface area contributed by atoms with Crippen LogP contribution < -0.4 is 9.64 Å². The first-order chi connectivity index (χ1) is 13.6. The monoisotopic (exact) mass is 398 g/mol. The van der Waals surface area contributed by atoms with Crippen molar-refractivity contribution in [2.45, 2.75) is 38.7 Å². The van der Waals surface area contributed by atoms with Gasteiger partial charge < -0.3 is 14.5 Å². The number of carbonyl (C=O) groups excluding carboxylic acids is 1. The molecule has 28 heavy (non-hydrogen) atoms. The number of hydrogen-bond donors (Lipinski definition) is 0. The Morgan fingerprint density at radius 3 is 2.50 bits per heavy atom. The summed E-state index contributed by atoms with van der Waals surface area (Å²) in [6, 6.07) is 14.2. The number of piperazine rings is 1. The molecule has 1 saturated heterocycles. The highest BCUT2D eigenvalue weighted by Gasteiger charge is 2.26. The van der Waals surface area contributed by atoms with Crippen molar-refractivity contribution in [1.29, 1.82) is 0 Å². The van der Waals surface area contributed by atoms with E-state index >= 15 is 0 Å². The molecule has 1 unspecified atom stereocenters. The van der Waals surface area contributed by atoms with E-state index in [2.05, 4.69) is 23.1 Å². The fourth-order valence-electron chi connectivity index (χ4n) is 4.15. The topological polar surface area (TPSA) is 32.8 Å². The average Bonchev–Trinajstić information content (AvgIpc) is 2.73. The lowest BCUT2D eigenvalue weighted by atomic mass is 9.92. The zero-order chi connectivity index (χ0) is 19.5. The van der Waals surface area contributed by atoms with E-state index in [1.165, 1.54) is 24.0 Å². The molecule has 4 nitrogen and oxygen atoms in total. The van der Waals surface area contributed by atoms with Crippen LogP contribution in [0.1, 0.15) is 30.9 Å². The summed E-state index contributed by atoms with van der Waals surface area (Å²) < 4.78 is 6.00. The van der Waals surface area contributed by atoms with Gasteiger partial charge in [0.2, 0.25) is 0 Å². The lowest BCUT2D eigenvalue weighted by Crippen LogP contribution is -2.52. The van der Waals surface area contributed by atoms with Gasteiger partial charge in [-0.05, 0) is 74.1 Å². The Hall–Kier alpha value is -2.20. The Morgan fingerprint density at radius 2 is 1.75 bits per heavy atom. The number of halogens is 1. The highest BCUT2D eigenvalue weighted by molar-refractivity contribution is 6.30. The van der Waals surface area contributed by atoms with E-state index in [-0.39, 0.29) is 5.91 Å². The van der Waals surface area contributed by atoms with Crippen LogP contribution in [-0.2, 0) is 17.6 Å². The molecule has 1 heterocycles. The van der Waals surface area contributed by atoms with E-state index in [0.717, 1.165) is 42.4 Å². The number of ether oxygens (including phenoxy) is 1. The zero-order valence-electron chi connectivity index (χ0n) is 16.4. The first-order valence-electron chi connectivity index (χ1n) is 10.2. The second kappa shape index (κ2) is 8.44. The minimum absolute atomic E-state index is 0.0588. The lowest BCUT2D eigenvalue weighted by Gasteiger charge is -2.37. The van der Waals surface area contributed by atoms with Crippen molar-refractivity contribution >= 4 is 23.2 Å². The maximum atomic E-state index is 12.8. The number of anilines is 1. The molecular weight excluding hydrogens is 372 g/mol. The number of fused-ring (bicyclic) bond motifs is 1. The number of carbonyl (C=O) groups is 1. The minimum Gasteiger partial charge on any atom is -0.481 e. The van der Waals surface area contributed by atoms with Gasteiger partial charge in [-0.3, -0.25) is 4.79 Å². The Morgan fingerprint density at radius 1 is 1.00 bits per heavy atom. The number of amides is 1. The molecule has 0 spiro atoms. The SMILES string of the molecule is CC(Oc1ccc2c(c1)CCCC2)C(=O)N1CCN(c2cccc(Cl)c2)CC1. The Kier molecular flexibility index (Phi) is 5.77. The summed E-state index contributed by atoms with van der Waals surface area (Å²) in [6.07, 6.45) is 4.30. The summed E-state index contributed by atoms with van der Waals surface area (Å²) in [5.41, 5.74) is 3.91. The van der Waals surface area contributed by atoms with E-state index in [9.17, 15) is 4.79 Å². The highest BCUT2D eigenvalue weighted by atomic mass is 35.5. The molecule has 5 heteroatoms. The molecule has 0 N–H and O–H groups in total. The van der Waals surface area contributed by atoms with Crippen molar-refractivity contribution < 1.29 is 9.53 Å². The number of rotatable bonds is 4. The van der Waals surface area contributed by atoms with Gasteiger partial charge in [0.15, 0.2) is 6.10 Å². The van der Waals surface area contributed by atoms with Crippen LogP contribution in [0.4, 0.5) is 5.69 Å². The third-order valence-electron chi connectivity index (χ3n) is 5.75. The number of benzene rings is 2. The van der Waals surface area contributed by atoms with Gasteiger partial charge in [0.25, 0.3) is 5.91 Å².